The lowest BCUT2D eigenvalue weighted by molar-refractivity contribution is 0.0465. The number of halogens is 4. The third kappa shape index (κ3) is 4.60. The molecule has 0 saturated carbocycles. The Morgan fingerprint density at radius 2 is 1.97 bits per heavy atom. The van der Waals surface area contributed by atoms with Crippen LogP contribution in [0.4, 0.5) is 14.6 Å². The minimum absolute atomic E-state index is 0.0441. The van der Waals surface area contributed by atoms with E-state index in [1.54, 1.807) is 0 Å². The van der Waals surface area contributed by atoms with E-state index >= 15 is 0 Å². The van der Waals surface area contributed by atoms with E-state index in [1.165, 1.54) is 43.5 Å². The van der Waals surface area contributed by atoms with Gasteiger partial charge in [0.05, 0.1) is 17.7 Å². The number of esters is 1. The van der Waals surface area contributed by atoms with Gasteiger partial charge in [0.2, 0.25) is 0 Å². The second-order valence-electron chi connectivity index (χ2n) is 6.16. The van der Waals surface area contributed by atoms with E-state index < -0.39 is 17.6 Å². The first-order valence-corrected chi connectivity index (χ1v) is 9.45. The highest BCUT2D eigenvalue weighted by molar-refractivity contribution is 6.35. The fraction of sp³-hybridized carbons (Fsp3) is 0.0952. The maximum absolute atomic E-state index is 14.8. The molecule has 31 heavy (non-hydrogen) atoms. The largest absolute Gasteiger partial charge is 0.492 e. The summed E-state index contributed by atoms with van der Waals surface area (Å²) in [7, 11) is 1.25. The lowest BCUT2D eigenvalue weighted by Crippen LogP contribution is -2.12. The van der Waals surface area contributed by atoms with Gasteiger partial charge in [-0.1, -0.05) is 41.9 Å². The second kappa shape index (κ2) is 9.28. The zero-order valence-corrected chi connectivity index (χ0v) is 17.6. The number of nitrogens with two attached hydrogens (primary N) is 1. The normalized spacial score (nSPS) is 10.6. The third-order valence-electron chi connectivity index (χ3n) is 4.25. The molecule has 0 bridgehead atoms. The molecule has 2 N–H and O–H groups in total. The molecular formula is C21H15Cl2F2N3O3. The molecule has 0 spiro atoms. The van der Waals surface area contributed by atoms with Crippen LogP contribution in [0.1, 0.15) is 21.6 Å². The molecule has 0 aliphatic carbocycles. The van der Waals surface area contributed by atoms with Gasteiger partial charge in [-0.05, 0) is 35.4 Å². The van der Waals surface area contributed by atoms with Gasteiger partial charge in [0.15, 0.2) is 23.1 Å². The highest BCUT2D eigenvalue weighted by Gasteiger charge is 2.23. The molecule has 3 aromatic rings. The molecule has 6 nitrogen and oxygen atoms in total. The topological polar surface area (TPSA) is 87.3 Å². The lowest BCUT2D eigenvalue weighted by Gasteiger charge is -2.12. The molecule has 0 aliphatic heterocycles. The molecule has 0 aliphatic rings. The SMILES string of the molecule is C=Cc1cc(F)ccc1COC(=O)c1nc(-c2ccc(Cl)c(OC)c2F)nc(N)c1Cl. The standard InChI is InChI=1S/C21H15Cl2F2N3O3/c1-3-10-8-12(24)5-4-11(10)9-31-21(29)17-15(23)19(26)28-20(27-17)13-6-7-14(22)18(30-2)16(13)25/h3-8H,1,9H2,2H3,(H2,26,27,28). The van der Waals surface area contributed by atoms with E-state index in [0.29, 0.717) is 11.1 Å². The zero-order chi connectivity index (χ0) is 22.7. The van der Waals surface area contributed by atoms with E-state index in [-0.39, 0.29) is 45.3 Å². The van der Waals surface area contributed by atoms with Crippen molar-refractivity contribution < 1.29 is 23.0 Å². The molecular weight excluding hydrogens is 451 g/mol. The Bertz CT molecular complexity index is 1190. The van der Waals surface area contributed by atoms with Crippen molar-refractivity contribution in [2.75, 3.05) is 12.8 Å². The summed E-state index contributed by atoms with van der Waals surface area (Å²) in [6.45, 7) is 3.39. The summed E-state index contributed by atoms with van der Waals surface area (Å²) in [6, 6.07) is 6.63. The second-order valence-corrected chi connectivity index (χ2v) is 6.95. The Hall–Kier alpha value is -3.23. The highest BCUT2D eigenvalue weighted by Crippen LogP contribution is 2.35. The first-order valence-electron chi connectivity index (χ1n) is 8.70. The fourth-order valence-corrected chi connectivity index (χ4v) is 3.10. The smallest absolute Gasteiger partial charge is 0.359 e. The summed E-state index contributed by atoms with van der Waals surface area (Å²) in [4.78, 5) is 20.6. The van der Waals surface area contributed by atoms with Gasteiger partial charge in [-0.2, -0.15) is 0 Å². The number of nitrogen functional groups attached to an aromatic ring is 1. The van der Waals surface area contributed by atoms with Gasteiger partial charge in [0.1, 0.15) is 23.3 Å². The monoisotopic (exact) mass is 465 g/mol. The van der Waals surface area contributed by atoms with Gasteiger partial charge in [0.25, 0.3) is 0 Å². The van der Waals surface area contributed by atoms with Gasteiger partial charge >= 0.3 is 5.97 Å². The van der Waals surface area contributed by atoms with E-state index in [2.05, 4.69) is 16.5 Å². The van der Waals surface area contributed by atoms with E-state index in [0.717, 1.165) is 0 Å². The van der Waals surface area contributed by atoms with Crippen LogP contribution in [0.2, 0.25) is 10.0 Å². The predicted octanol–water partition coefficient (Wildman–Crippen LogP) is 5.32. The minimum atomic E-state index is -0.930. The van der Waals surface area contributed by atoms with Gasteiger partial charge in [-0.25, -0.2) is 23.5 Å². The number of carbonyl (C=O) groups excluding carboxylic acids is 1. The van der Waals surface area contributed by atoms with Crippen molar-refractivity contribution in [2.24, 2.45) is 0 Å². The predicted molar refractivity (Wildman–Crippen MR) is 114 cm³/mol. The van der Waals surface area contributed by atoms with Crippen LogP contribution < -0.4 is 10.5 Å². The maximum atomic E-state index is 14.8. The number of carbonyl (C=O) groups is 1. The number of hydrogen-bond acceptors (Lipinski definition) is 6. The Labute approximate surface area is 186 Å². The van der Waals surface area contributed by atoms with Crippen molar-refractivity contribution in [1.82, 2.24) is 9.97 Å². The Morgan fingerprint density at radius 3 is 2.65 bits per heavy atom. The van der Waals surface area contributed by atoms with Crippen molar-refractivity contribution in [3.05, 3.63) is 75.4 Å². The fourth-order valence-electron chi connectivity index (χ4n) is 2.71. The molecule has 1 heterocycles. The maximum Gasteiger partial charge on any atom is 0.359 e. The summed E-state index contributed by atoms with van der Waals surface area (Å²) in [6.07, 6.45) is 1.43. The van der Waals surface area contributed by atoms with Crippen LogP contribution in [-0.2, 0) is 11.3 Å². The van der Waals surface area contributed by atoms with Crippen LogP contribution in [0.15, 0.2) is 36.9 Å². The number of aromatic nitrogens is 2. The van der Waals surface area contributed by atoms with Crippen molar-refractivity contribution >= 4 is 41.1 Å². The molecule has 0 unspecified atom stereocenters. The number of rotatable bonds is 6. The van der Waals surface area contributed by atoms with E-state index in [9.17, 15) is 13.6 Å². The highest BCUT2D eigenvalue weighted by atomic mass is 35.5. The number of hydrogen-bond donors (Lipinski definition) is 1. The quantitative estimate of drug-likeness (QED) is 0.495. The summed E-state index contributed by atoms with van der Waals surface area (Å²) in [5.41, 5.74) is 6.29. The molecule has 2 aromatic carbocycles. The molecule has 0 amide bonds. The molecule has 0 atom stereocenters. The molecule has 3 rings (SSSR count). The van der Waals surface area contributed by atoms with Gasteiger partial charge in [-0.3, -0.25) is 0 Å². The Balaban J connectivity index is 1.95. The van der Waals surface area contributed by atoms with Crippen molar-refractivity contribution in [3.63, 3.8) is 0 Å². The van der Waals surface area contributed by atoms with Crippen LogP contribution in [0.5, 0.6) is 5.75 Å². The van der Waals surface area contributed by atoms with Crippen LogP contribution in [-0.4, -0.2) is 23.0 Å². The van der Waals surface area contributed by atoms with Crippen molar-refractivity contribution in [1.29, 1.82) is 0 Å². The summed E-state index contributed by atoms with van der Waals surface area (Å²) in [5, 5.41) is -0.208. The number of ether oxygens (including phenoxy) is 2. The summed E-state index contributed by atoms with van der Waals surface area (Å²) >= 11 is 12.0. The zero-order valence-electron chi connectivity index (χ0n) is 16.1. The molecule has 0 radical (unpaired) electrons. The van der Waals surface area contributed by atoms with Crippen LogP contribution in [0.3, 0.4) is 0 Å². The summed E-state index contributed by atoms with van der Waals surface area (Å²) < 4.78 is 38.3. The number of anilines is 1. The van der Waals surface area contributed by atoms with Gasteiger partial charge < -0.3 is 15.2 Å². The molecule has 10 heteroatoms. The number of nitrogens with zero attached hydrogens (tertiary/aromatic N) is 2. The van der Waals surface area contributed by atoms with Gasteiger partial charge in [-0.15, -0.1) is 0 Å². The van der Waals surface area contributed by atoms with Gasteiger partial charge in [0, 0.05) is 0 Å². The Kier molecular flexibility index (Phi) is 6.72. The third-order valence-corrected chi connectivity index (χ3v) is 4.92. The minimum Gasteiger partial charge on any atom is -0.492 e. The number of benzene rings is 2. The molecule has 1 aromatic heterocycles. The Morgan fingerprint density at radius 1 is 1.23 bits per heavy atom. The summed E-state index contributed by atoms with van der Waals surface area (Å²) in [5.74, 6) is -2.90. The van der Waals surface area contributed by atoms with Crippen molar-refractivity contribution in [2.45, 2.75) is 6.61 Å². The number of methoxy groups -OCH3 is 1. The molecule has 0 saturated heterocycles. The van der Waals surface area contributed by atoms with Crippen LogP contribution >= 0.6 is 23.2 Å². The van der Waals surface area contributed by atoms with E-state index in [1.807, 2.05) is 0 Å². The molecule has 160 valence electrons. The lowest BCUT2D eigenvalue weighted by atomic mass is 10.1. The average molecular weight is 466 g/mol. The van der Waals surface area contributed by atoms with Crippen LogP contribution in [0, 0.1) is 11.6 Å². The van der Waals surface area contributed by atoms with E-state index in [4.69, 9.17) is 38.4 Å². The molecule has 0 fully saturated rings. The first kappa shape index (κ1) is 22.5. The van der Waals surface area contributed by atoms with Crippen LogP contribution in [0.25, 0.3) is 17.5 Å². The van der Waals surface area contributed by atoms with Crippen molar-refractivity contribution in [3.8, 4) is 17.1 Å². The first-order chi connectivity index (χ1) is 14.8. The average Bonchev–Trinajstić information content (AvgIpc) is 2.74.